The van der Waals surface area contributed by atoms with Gasteiger partial charge in [0.1, 0.15) is 0 Å². The van der Waals surface area contributed by atoms with Gasteiger partial charge in [0, 0.05) is 18.6 Å². The molecule has 0 heterocycles. The lowest BCUT2D eigenvalue weighted by Crippen LogP contribution is -2.57. The van der Waals surface area contributed by atoms with Crippen LogP contribution in [0.4, 0.5) is 0 Å². The standard InChI is InChI=1S/C15H34N4O/c1-8-17-15(5,14(16)20)10-12(3)19(9-2)13(4)11-18(6)7/h12-13,17H,8-11H2,1-7H3,(H2,16,20). The molecule has 0 radical (unpaired) electrons. The van der Waals surface area contributed by atoms with Crippen molar-refractivity contribution in [2.75, 3.05) is 33.7 Å². The van der Waals surface area contributed by atoms with Crippen molar-refractivity contribution in [1.82, 2.24) is 15.1 Å². The molecule has 3 N–H and O–H groups in total. The molecule has 0 aliphatic rings. The lowest BCUT2D eigenvalue weighted by molar-refractivity contribution is -0.124. The van der Waals surface area contributed by atoms with Crippen molar-refractivity contribution in [2.45, 2.75) is 58.7 Å². The van der Waals surface area contributed by atoms with E-state index in [9.17, 15) is 4.79 Å². The zero-order valence-electron chi connectivity index (χ0n) is 14.4. The Labute approximate surface area is 124 Å². The fraction of sp³-hybridized carbons (Fsp3) is 0.933. The zero-order valence-corrected chi connectivity index (χ0v) is 14.4. The van der Waals surface area contributed by atoms with E-state index in [4.69, 9.17) is 5.73 Å². The third-order valence-electron chi connectivity index (χ3n) is 3.94. The van der Waals surface area contributed by atoms with Gasteiger partial charge in [-0.05, 0) is 54.4 Å². The molecule has 120 valence electrons. The van der Waals surface area contributed by atoms with Gasteiger partial charge < -0.3 is 16.0 Å². The summed E-state index contributed by atoms with van der Waals surface area (Å²) >= 11 is 0. The van der Waals surface area contributed by atoms with Crippen LogP contribution in [0.2, 0.25) is 0 Å². The number of hydrogen-bond acceptors (Lipinski definition) is 4. The van der Waals surface area contributed by atoms with Crippen LogP contribution in [0.15, 0.2) is 0 Å². The maximum Gasteiger partial charge on any atom is 0.237 e. The number of carbonyl (C=O) groups excluding carboxylic acids is 1. The van der Waals surface area contributed by atoms with Gasteiger partial charge in [0.25, 0.3) is 0 Å². The summed E-state index contributed by atoms with van der Waals surface area (Å²) in [5.41, 5.74) is 4.94. The number of likely N-dealkylation sites (N-methyl/N-ethyl adjacent to an activating group) is 3. The van der Waals surface area contributed by atoms with Gasteiger partial charge in [-0.1, -0.05) is 13.8 Å². The SMILES string of the molecule is CCNC(C)(CC(C)N(CC)C(C)CN(C)C)C(N)=O. The molecular formula is C15H34N4O. The predicted octanol–water partition coefficient (Wildman–Crippen LogP) is 0.891. The van der Waals surface area contributed by atoms with Gasteiger partial charge in [-0.2, -0.15) is 0 Å². The van der Waals surface area contributed by atoms with Crippen LogP contribution in [-0.4, -0.2) is 67.1 Å². The van der Waals surface area contributed by atoms with Gasteiger partial charge >= 0.3 is 0 Å². The molecule has 0 aliphatic carbocycles. The Hall–Kier alpha value is -0.650. The first-order valence-corrected chi connectivity index (χ1v) is 7.63. The van der Waals surface area contributed by atoms with Crippen LogP contribution < -0.4 is 11.1 Å². The Bertz CT molecular complexity index is 296. The summed E-state index contributed by atoms with van der Waals surface area (Å²) in [7, 11) is 4.17. The fourth-order valence-corrected chi connectivity index (χ4v) is 3.05. The number of nitrogens with two attached hydrogens (primary N) is 1. The number of nitrogens with one attached hydrogen (secondary N) is 1. The monoisotopic (exact) mass is 286 g/mol. The number of carbonyl (C=O) groups is 1. The molecular weight excluding hydrogens is 252 g/mol. The van der Waals surface area contributed by atoms with Crippen LogP contribution in [0.25, 0.3) is 0 Å². The van der Waals surface area contributed by atoms with Crippen LogP contribution in [-0.2, 0) is 4.79 Å². The van der Waals surface area contributed by atoms with Gasteiger partial charge in [-0.3, -0.25) is 9.69 Å². The van der Waals surface area contributed by atoms with Gasteiger partial charge in [0.15, 0.2) is 0 Å². The molecule has 0 aromatic carbocycles. The normalized spacial score (nSPS) is 18.1. The maximum absolute atomic E-state index is 11.7. The molecule has 5 nitrogen and oxygen atoms in total. The Morgan fingerprint density at radius 1 is 1.25 bits per heavy atom. The first-order chi connectivity index (χ1) is 9.17. The van der Waals surface area contributed by atoms with Gasteiger partial charge in [-0.15, -0.1) is 0 Å². The Kier molecular flexibility index (Phi) is 8.32. The molecule has 3 unspecified atom stereocenters. The first kappa shape index (κ1) is 19.4. The highest BCUT2D eigenvalue weighted by Crippen LogP contribution is 2.18. The van der Waals surface area contributed by atoms with E-state index in [0.717, 1.165) is 26.1 Å². The van der Waals surface area contributed by atoms with E-state index >= 15 is 0 Å². The number of nitrogens with zero attached hydrogens (tertiary/aromatic N) is 2. The predicted molar refractivity (Wildman–Crippen MR) is 85.8 cm³/mol. The number of hydrogen-bond donors (Lipinski definition) is 2. The van der Waals surface area contributed by atoms with Crippen molar-refractivity contribution in [3.05, 3.63) is 0 Å². The summed E-state index contributed by atoms with van der Waals surface area (Å²) in [5.74, 6) is -0.275. The van der Waals surface area contributed by atoms with E-state index in [0.29, 0.717) is 12.1 Å². The average Bonchev–Trinajstić information content (AvgIpc) is 2.28. The number of amides is 1. The van der Waals surface area contributed by atoms with Crippen molar-refractivity contribution in [2.24, 2.45) is 5.73 Å². The molecule has 0 bridgehead atoms. The van der Waals surface area contributed by atoms with E-state index in [1.165, 1.54) is 0 Å². The van der Waals surface area contributed by atoms with Crippen molar-refractivity contribution in [3.8, 4) is 0 Å². The minimum absolute atomic E-state index is 0.275. The van der Waals surface area contributed by atoms with E-state index in [1.54, 1.807) is 0 Å². The smallest absolute Gasteiger partial charge is 0.237 e. The molecule has 5 heteroatoms. The van der Waals surface area contributed by atoms with Crippen LogP contribution in [0, 0.1) is 0 Å². The lowest BCUT2D eigenvalue weighted by Gasteiger charge is -2.39. The molecule has 0 saturated carbocycles. The van der Waals surface area contributed by atoms with Crippen molar-refractivity contribution in [3.63, 3.8) is 0 Å². The Morgan fingerprint density at radius 2 is 1.80 bits per heavy atom. The van der Waals surface area contributed by atoms with E-state index < -0.39 is 5.54 Å². The molecule has 0 fully saturated rings. The summed E-state index contributed by atoms with van der Waals surface area (Å²) in [6.07, 6.45) is 0.724. The second-order valence-corrected chi connectivity index (χ2v) is 6.22. The third-order valence-corrected chi connectivity index (χ3v) is 3.94. The summed E-state index contributed by atoms with van der Waals surface area (Å²) in [6, 6.07) is 0.746. The molecule has 0 spiro atoms. The first-order valence-electron chi connectivity index (χ1n) is 7.63. The topological polar surface area (TPSA) is 61.6 Å². The fourth-order valence-electron chi connectivity index (χ4n) is 3.05. The largest absolute Gasteiger partial charge is 0.368 e. The summed E-state index contributed by atoms with van der Waals surface area (Å²) < 4.78 is 0. The molecule has 0 aliphatic heterocycles. The second-order valence-electron chi connectivity index (χ2n) is 6.22. The van der Waals surface area contributed by atoms with Crippen molar-refractivity contribution >= 4 is 5.91 Å². The van der Waals surface area contributed by atoms with Crippen molar-refractivity contribution in [1.29, 1.82) is 0 Å². The van der Waals surface area contributed by atoms with Crippen LogP contribution in [0.1, 0.15) is 41.0 Å². The van der Waals surface area contributed by atoms with E-state index in [2.05, 4.69) is 50.0 Å². The van der Waals surface area contributed by atoms with E-state index in [1.807, 2.05) is 13.8 Å². The quantitative estimate of drug-likeness (QED) is 0.626. The minimum Gasteiger partial charge on any atom is -0.368 e. The molecule has 0 rings (SSSR count). The summed E-state index contributed by atoms with van der Waals surface area (Å²) in [5, 5.41) is 3.24. The minimum atomic E-state index is -0.639. The summed E-state index contributed by atoms with van der Waals surface area (Å²) in [6.45, 7) is 13.2. The third kappa shape index (κ3) is 5.77. The molecule has 0 aromatic heterocycles. The lowest BCUT2D eigenvalue weighted by atomic mass is 9.91. The van der Waals surface area contributed by atoms with Gasteiger partial charge in [0.2, 0.25) is 5.91 Å². The maximum atomic E-state index is 11.7. The van der Waals surface area contributed by atoms with Gasteiger partial charge in [-0.25, -0.2) is 0 Å². The highest BCUT2D eigenvalue weighted by atomic mass is 16.1. The molecule has 20 heavy (non-hydrogen) atoms. The Balaban J connectivity index is 4.83. The van der Waals surface area contributed by atoms with Crippen LogP contribution >= 0.6 is 0 Å². The van der Waals surface area contributed by atoms with Gasteiger partial charge in [0.05, 0.1) is 5.54 Å². The number of primary amides is 1. The Morgan fingerprint density at radius 3 is 2.15 bits per heavy atom. The van der Waals surface area contributed by atoms with Crippen LogP contribution in [0.5, 0.6) is 0 Å². The van der Waals surface area contributed by atoms with Crippen LogP contribution in [0.3, 0.4) is 0 Å². The second kappa shape index (κ2) is 8.60. The average molecular weight is 286 g/mol. The highest BCUT2D eigenvalue weighted by Gasteiger charge is 2.34. The molecule has 0 aromatic rings. The van der Waals surface area contributed by atoms with E-state index in [-0.39, 0.29) is 5.91 Å². The highest BCUT2D eigenvalue weighted by molar-refractivity contribution is 5.84. The van der Waals surface area contributed by atoms with Crippen molar-refractivity contribution < 1.29 is 4.79 Å². The summed E-state index contributed by atoms with van der Waals surface area (Å²) in [4.78, 5) is 16.4. The molecule has 0 saturated heterocycles. The number of rotatable bonds is 10. The molecule has 1 amide bonds. The zero-order chi connectivity index (χ0) is 15.9. The molecule has 3 atom stereocenters.